The molecule has 0 saturated carbocycles. The molecule has 120 valence electrons. The van der Waals surface area contributed by atoms with Crippen LogP contribution in [0.25, 0.3) is 0 Å². The first-order valence-corrected chi connectivity index (χ1v) is 8.03. The van der Waals surface area contributed by atoms with E-state index in [4.69, 9.17) is 14.2 Å². The highest BCUT2D eigenvalue weighted by Crippen LogP contribution is 2.29. The van der Waals surface area contributed by atoms with Gasteiger partial charge in [0.2, 0.25) is 0 Å². The molecule has 4 heteroatoms. The number of ketones is 1. The van der Waals surface area contributed by atoms with E-state index in [1.807, 2.05) is 19.1 Å². The third-order valence-corrected chi connectivity index (χ3v) is 4.73. The molecule has 1 aromatic rings. The molecule has 3 rings (SSSR count). The lowest BCUT2D eigenvalue weighted by Gasteiger charge is -2.34. The van der Waals surface area contributed by atoms with Gasteiger partial charge < -0.3 is 14.2 Å². The number of benzene rings is 1. The molecule has 0 amide bonds. The summed E-state index contributed by atoms with van der Waals surface area (Å²) in [4.78, 5) is 11.5. The Balaban J connectivity index is 1.59. The van der Waals surface area contributed by atoms with Crippen molar-refractivity contribution in [2.24, 2.45) is 0 Å². The predicted octanol–water partition coefficient (Wildman–Crippen LogP) is 2.91. The van der Waals surface area contributed by atoms with E-state index in [2.05, 4.69) is 6.07 Å². The van der Waals surface area contributed by atoms with Crippen LogP contribution in [0, 0.1) is 0 Å². The minimum Gasteiger partial charge on any atom is -0.379 e. The summed E-state index contributed by atoms with van der Waals surface area (Å²) in [7, 11) is 1.73. The number of methoxy groups -OCH3 is 1. The Kier molecular flexibility index (Phi) is 4.62. The molecule has 0 N–H and O–H groups in total. The number of rotatable bonds is 4. The molecular formula is C18H24O4. The Morgan fingerprint density at radius 1 is 1.23 bits per heavy atom. The molecule has 1 aliphatic carbocycles. The Morgan fingerprint density at radius 3 is 2.68 bits per heavy atom. The quantitative estimate of drug-likeness (QED) is 0.802. The summed E-state index contributed by atoms with van der Waals surface area (Å²) in [5.74, 6) is 0.113. The fourth-order valence-corrected chi connectivity index (χ4v) is 3.45. The van der Waals surface area contributed by atoms with Gasteiger partial charge in [-0.25, -0.2) is 0 Å². The van der Waals surface area contributed by atoms with Crippen LogP contribution in [0.4, 0.5) is 0 Å². The van der Waals surface area contributed by atoms with Gasteiger partial charge in [0, 0.05) is 19.1 Å². The number of carbonyl (C=O) groups excluding carboxylic acids is 1. The molecule has 4 nitrogen and oxygen atoms in total. The monoisotopic (exact) mass is 304 g/mol. The predicted molar refractivity (Wildman–Crippen MR) is 83.1 cm³/mol. The molecule has 0 bridgehead atoms. The first-order valence-electron chi connectivity index (χ1n) is 8.03. The van der Waals surface area contributed by atoms with Crippen molar-refractivity contribution in [3.05, 3.63) is 34.9 Å². The topological polar surface area (TPSA) is 44.8 Å². The average molecular weight is 304 g/mol. The summed E-state index contributed by atoms with van der Waals surface area (Å²) >= 11 is 0. The second-order valence-electron chi connectivity index (χ2n) is 6.33. The Hall–Kier alpha value is -1.23. The van der Waals surface area contributed by atoms with Crippen molar-refractivity contribution in [1.29, 1.82) is 0 Å². The molecule has 22 heavy (non-hydrogen) atoms. The summed E-state index contributed by atoms with van der Waals surface area (Å²) in [6, 6.07) is 5.97. The number of Topliss-reactive ketones (excluding diaryl/α,β-unsaturated/α-hetero) is 1. The zero-order valence-corrected chi connectivity index (χ0v) is 13.5. The zero-order chi connectivity index (χ0) is 15.7. The van der Waals surface area contributed by atoms with Crippen LogP contribution in [0.2, 0.25) is 0 Å². The third-order valence-electron chi connectivity index (χ3n) is 4.73. The Labute approximate surface area is 131 Å². The standard InChI is InChI=1S/C18H24O4/c1-11(19)13-4-5-14-9-16(10-15(14)8-13)22-18-7-6-17(20-3)12(2)21-18/h4-5,8,12,16-18H,6-7,9-10H2,1-3H3/t12-,16?,17?,18?/m0/s1. The van der Waals surface area contributed by atoms with Crippen LogP contribution >= 0.6 is 0 Å². The smallest absolute Gasteiger partial charge is 0.159 e. The fourth-order valence-electron chi connectivity index (χ4n) is 3.45. The van der Waals surface area contributed by atoms with Crippen LogP contribution in [0.15, 0.2) is 18.2 Å². The molecule has 1 fully saturated rings. The van der Waals surface area contributed by atoms with Gasteiger partial charge >= 0.3 is 0 Å². The minimum absolute atomic E-state index is 0.0665. The van der Waals surface area contributed by atoms with Gasteiger partial charge in [-0.15, -0.1) is 0 Å². The summed E-state index contributed by atoms with van der Waals surface area (Å²) in [5.41, 5.74) is 3.30. The van der Waals surface area contributed by atoms with Gasteiger partial charge in [0.25, 0.3) is 0 Å². The fraction of sp³-hybridized carbons (Fsp3) is 0.611. The van der Waals surface area contributed by atoms with E-state index >= 15 is 0 Å². The van der Waals surface area contributed by atoms with E-state index in [0.717, 1.165) is 31.2 Å². The SMILES string of the molecule is COC1CCC(OC2Cc3ccc(C(C)=O)cc3C2)O[C@H]1C. The van der Waals surface area contributed by atoms with Crippen LogP contribution in [0.1, 0.15) is 48.2 Å². The molecular weight excluding hydrogens is 280 g/mol. The van der Waals surface area contributed by atoms with Crippen molar-refractivity contribution in [1.82, 2.24) is 0 Å². The first-order chi connectivity index (χ1) is 10.6. The lowest BCUT2D eigenvalue weighted by Crippen LogP contribution is -2.40. The number of hydrogen-bond donors (Lipinski definition) is 0. The lowest BCUT2D eigenvalue weighted by molar-refractivity contribution is -0.236. The maximum atomic E-state index is 11.5. The summed E-state index contributed by atoms with van der Waals surface area (Å²) < 4.78 is 17.4. The summed E-state index contributed by atoms with van der Waals surface area (Å²) in [5, 5.41) is 0. The molecule has 0 aromatic heterocycles. The number of ether oxygens (including phenoxy) is 3. The second-order valence-corrected chi connectivity index (χ2v) is 6.33. The van der Waals surface area contributed by atoms with Crippen LogP contribution < -0.4 is 0 Å². The van der Waals surface area contributed by atoms with Gasteiger partial charge in [-0.2, -0.15) is 0 Å². The minimum atomic E-state index is -0.145. The van der Waals surface area contributed by atoms with E-state index in [9.17, 15) is 4.79 Å². The first kappa shape index (κ1) is 15.7. The molecule has 3 unspecified atom stereocenters. The highest BCUT2D eigenvalue weighted by molar-refractivity contribution is 5.94. The molecule has 0 radical (unpaired) electrons. The third kappa shape index (κ3) is 3.24. The molecule has 1 heterocycles. The van der Waals surface area contributed by atoms with Crippen molar-refractivity contribution in [2.75, 3.05) is 7.11 Å². The Bertz CT molecular complexity index is 554. The zero-order valence-electron chi connectivity index (χ0n) is 13.5. The van der Waals surface area contributed by atoms with Crippen molar-refractivity contribution >= 4 is 5.78 Å². The largest absolute Gasteiger partial charge is 0.379 e. The Morgan fingerprint density at radius 2 is 2.00 bits per heavy atom. The normalized spacial score (nSPS) is 31.0. The van der Waals surface area contributed by atoms with Gasteiger partial charge in [0.1, 0.15) is 0 Å². The molecule has 0 spiro atoms. The van der Waals surface area contributed by atoms with E-state index in [0.29, 0.717) is 0 Å². The van der Waals surface area contributed by atoms with Crippen LogP contribution in [0.3, 0.4) is 0 Å². The molecule has 1 aliphatic heterocycles. The van der Waals surface area contributed by atoms with Gasteiger partial charge in [0.15, 0.2) is 12.1 Å². The van der Waals surface area contributed by atoms with Gasteiger partial charge in [-0.05, 0) is 50.3 Å². The number of fused-ring (bicyclic) bond motifs is 1. The highest BCUT2D eigenvalue weighted by Gasteiger charge is 2.32. The van der Waals surface area contributed by atoms with Crippen LogP contribution in [-0.4, -0.2) is 37.5 Å². The highest BCUT2D eigenvalue weighted by atomic mass is 16.7. The van der Waals surface area contributed by atoms with Crippen molar-refractivity contribution in [3.63, 3.8) is 0 Å². The lowest BCUT2D eigenvalue weighted by atomic mass is 10.0. The van der Waals surface area contributed by atoms with E-state index in [-0.39, 0.29) is 30.4 Å². The van der Waals surface area contributed by atoms with Crippen molar-refractivity contribution in [3.8, 4) is 0 Å². The van der Waals surface area contributed by atoms with Gasteiger partial charge in [-0.1, -0.05) is 12.1 Å². The molecule has 1 saturated heterocycles. The van der Waals surface area contributed by atoms with Crippen LogP contribution in [-0.2, 0) is 27.1 Å². The van der Waals surface area contributed by atoms with Crippen molar-refractivity contribution in [2.45, 2.75) is 64.1 Å². The molecule has 1 aromatic carbocycles. The van der Waals surface area contributed by atoms with E-state index < -0.39 is 0 Å². The summed E-state index contributed by atoms with van der Waals surface area (Å²) in [6.45, 7) is 3.64. The summed E-state index contributed by atoms with van der Waals surface area (Å²) in [6.07, 6.45) is 3.83. The average Bonchev–Trinajstić information content (AvgIpc) is 2.88. The van der Waals surface area contributed by atoms with Crippen molar-refractivity contribution < 1.29 is 19.0 Å². The molecule has 2 aliphatic rings. The molecule has 4 atom stereocenters. The van der Waals surface area contributed by atoms with E-state index in [1.165, 1.54) is 11.1 Å². The number of hydrogen-bond acceptors (Lipinski definition) is 4. The second kappa shape index (κ2) is 6.49. The number of carbonyl (C=O) groups is 1. The van der Waals surface area contributed by atoms with Gasteiger partial charge in [0.05, 0.1) is 18.3 Å². The maximum Gasteiger partial charge on any atom is 0.159 e. The van der Waals surface area contributed by atoms with Crippen LogP contribution in [0.5, 0.6) is 0 Å². The van der Waals surface area contributed by atoms with Gasteiger partial charge in [-0.3, -0.25) is 4.79 Å². The van der Waals surface area contributed by atoms with E-state index in [1.54, 1.807) is 14.0 Å². The maximum absolute atomic E-state index is 11.5.